The lowest BCUT2D eigenvalue weighted by molar-refractivity contribution is -0.116. The van der Waals surface area contributed by atoms with Crippen LogP contribution in [0.4, 0.5) is 17.1 Å². The van der Waals surface area contributed by atoms with Gasteiger partial charge in [-0.3, -0.25) is 4.79 Å². The van der Waals surface area contributed by atoms with E-state index in [1.165, 1.54) is 0 Å². The summed E-state index contributed by atoms with van der Waals surface area (Å²) in [7, 11) is 1.97. The van der Waals surface area contributed by atoms with Crippen molar-refractivity contribution in [1.82, 2.24) is 0 Å². The van der Waals surface area contributed by atoms with Gasteiger partial charge in [0.05, 0.1) is 23.9 Å². The zero-order valence-corrected chi connectivity index (χ0v) is 11.3. The Bertz CT molecular complexity index is 635. The Hall–Kier alpha value is -2.43. The number of hydrogen-bond donors (Lipinski definition) is 2. The van der Waals surface area contributed by atoms with Crippen LogP contribution in [0.5, 0.6) is 0 Å². The van der Waals surface area contributed by atoms with Crippen LogP contribution >= 0.6 is 0 Å². The number of benzene rings is 1. The number of fused-ring (bicyclic) bond motifs is 1. The van der Waals surface area contributed by atoms with Gasteiger partial charge in [0.25, 0.3) is 0 Å². The number of nitrogens with one attached hydrogen (secondary N) is 1. The maximum absolute atomic E-state index is 11.5. The Morgan fingerprint density at radius 2 is 2.25 bits per heavy atom. The number of anilines is 3. The fourth-order valence-electron chi connectivity index (χ4n) is 2.51. The summed E-state index contributed by atoms with van der Waals surface area (Å²) in [6, 6.07) is 5.82. The predicted molar refractivity (Wildman–Crippen MR) is 78.6 cm³/mol. The summed E-state index contributed by atoms with van der Waals surface area (Å²) in [6.07, 6.45) is 4.64. The molecule has 5 heteroatoms. The van der Waals surface area contributed by atoms with Crippen LogP contribution in [0.3, 0.4) is 0 Å². The third-order valence-electron chi connectivity index (χ3n) is 3.56. The second-order valence-electron chi connectivity index (χ2n) is 5.10. The molecular formula is C15H17N3O2. The van der Waals surface area contributed by atoms with Gasteiger partial charge in [-0.05, 0) is 30.2 Å². The molecule has 3 N–H and O–H groups in total. The van der Waals surface area contributed by atoms with Gasteiger partial charge in [0.2, 0.25) is 5.91 Å². The first-order valence-corrected chi connectivity index (χ1v) is 6.58. The minimum atomic E-state index is 0.0608. The molecule has 2 heterocycles. The Balaban J connectivity index is 1.89. The summed E-state index contributed by atoms with van der Waals surface area (Å²) in [6.45, 7) is 0.702. The molecule has 0 unspecified atom stereocenters. The molecule has 1 aliphatic rings. The number of aryl methyl sites for hydroxylation is 1. The lowest BCUT2D eigenvalue weighted by atomic mass is 10.0. The highest BCUT2D eigenvalue weighted by Gasteiger charge is 2.18. The second-order valence-corrected chi connectivity index (χ2v) is 5.10. The first kappa shape index (κ1) is 12.6. The molecule has 0 saturated carbocycles. The molecule has 5 nitrogen and oxygen atoms in total. The van der Waals surface area contributed by atoms with E-state index >= 15 is 0 Å². The van der Waals surface area contributed by atoms with Crippen molar-refractivity contribution in [2.45, 2.75) is 19.4 Å². The molecule has 2 aromatic rings. The molecule has 0 bridgehead atoms. The number of furan rings is 1. The molecule has 0 atom stereocenters. The molecule has 0 aliphatic carbocycles. The average molecular weight is 271 g/mol. The summed E-state index contributed by atoms with van der Waals surface area (Å²) >= 11 is 0. The quantitative estimate of drug-likeness (QED) is 0.841. The second kappa shape index (κ2) is 4.92. The lowest BCUT2D eigenvalue weighted by Crippen LogP contribution is -2.22. The highest BCUT2D eigenvalue weighted by Crippen LogP contribution is 2.33. The highest BCUT2D eigenvalue weighted by molar-refractivity contribution is 5.95. The summed E-state index contributed by atoms with van der Waals surface area (Å²) in [5.41, 5.74) is 10.8. The van der Waals surface area contributed by atoms with Crippen molar-refractivity contribution in [3.63, 3.8) is 0 Å². The van der Waals surface area contributed by atoms with Crippen molar-refractivity contribution in [2.24, 2.45) is 0 Å². The number of hydrogen-bond acceptors (Lipinski definition) is 4. The van der Waals surface area contributed by atoms with Crippen LogP contribution < -0.4 is 16.0 Å². The van der Waals surface area contributed by atoms with Gasteiger partial charge in [0, 0.05) is 31.3 Å². The molecule has 1 aliphatic heterocycles. The molecule has 1 aromatic heterocycles. The smallest absolute Gasteiger partial charge is 0.224 e. The van der Waals surface area contributed by atoms with Gasteiger partial charge in [0.15, 0.2) is 0 Å². The van der Waals surface area contributed by atoms with Gasteiger partial charge in [-0.25, -0.2) is 0 Å². The van der Waals surface area contributed by atoms with E-state index in [9.17, 15) is 4.79 Å². The van der Waals surface area contributed by atoms with Crippen LogP contribution in [0.2, 0.25) is 0 Å². The number of rotatable bonds is 3. The molecule has 20 heavy (non-hydrogen) atoms. The van der Waals surface area contributed by atoms with E-state index in [1.807, 2.05) is 30.1 Å². The molecule has 0 spiro atoms. The van der Waals surface area contributed by atoms with Gasteiger partial charge < -0.3 is 20.4 Å². The molecule has 1 amide bonds. The van der Waals surface area contributed by atoms with Crippen LogP contribution in [-0.2, 0) is 17.8 Å². The van der Waals surface area contributed by atoms with Crippen LogP contribution in [0.15, 0.2) is 35.1 Å². The maximum atomic E-state index is 11.5. The molecule has 1 aromatic carbocycles. The molecule has 0 radical (unpaired) electrons. The largest absolute Gasteiger partial charge is 0.472 e. The SMILES string of the molecule is CN(Cc1ccoc1)c1cc2c(cc1N)CCC(=O)N2. The molecule has 0 saturated heterocycles. The number of carbonyl (C=O) groups excluding carboxylic acids is 1. The zero-order chi connectivity index (χ0) is 14.1. The van der Waals surface area contributed by atoms with Crippen molar-refractivity contribution in [1.29, 1.82) is 0 Å². The number of nitrogens with two attached hydrogens (primary N) is 1. The van der Waals surface area contributed by atoms with Crippen molar-refractivity contribution in [3.05, 3.63) is 41.9 Å². The Morgan fingerprint density at radius 1 is 1.40 bits per heavy atom. The number of nitrogen functional groups attached to an aromatic ring is 1. The number of carbonyl (C=O) groups is 1. The first-order chi connectivity index (χ1) is 9.63. The highest BCUT2D eigenvalue weighted by atomic mass is 16.3. The summed E-state index contributed by atoms with van der Waals surface area (Å²) in [5.74, 6) is 0.0608. The maximum Gasteiger partial charge on any atom is 0.224 e. The summed E-state index contributed by atoms with van der Waals surface area (Å²) < 4.78 is 5.07. The van der Waals surface area contributed by atoms with E-state index in [0.717, 1.165) is 34.6 Å². The van der Waals surface area contributed by atoms with Crippen LogP contribution in [0, 0.1) is 0 Å². The third-order valence-corrected chi connectivity index (χ3v) is 3.56. The van der Waals surface area contributed by atoms with E-state index in [-0.39, 0.29) is 5.91 Å². The standard InChI is InChI=1S/C15H17N3O2/c1-18(8-10-4-5-20-9-10)14-7-13-11(6-12(14)16)2-3-15(19)17-13/h4-7,9H,2-3,8,16H2,1H3,(H,17,19). The van der Waals surface area contributed by atoms with E-state index < -0.39 is 0 Å². The number of amides is 1. The van der Waals surface area contributed by atoms with Crippen LogP contribution in [0.1, 0.15) is 17.5 Å². The summed E-state index contributed by atoms with van der Waals surface area (Å²) in [4.78, 5) is 13.5. The fraction of sp³-hybridized carbons (Fsp3) is 0.267. The zero-order valence-electron chi connectivity index (χ0n) is 11.3. The van der Waals surface area contributed by atoms with Gasteiger partial charge in [-0.2, -0.15) is 0 Å². The Kier molecular flexibility index (Phi) is 3.10. The Morgan fingerprint density at radius 3 is 3.00 bits per heavy atom. The normalized spacial score (nSPS) is 13.8. The van der Waals surface area contributed by atoms with Crippen molar-refractivity contribution in [3.8, 4) is 0 Å². The summed E-state index contributed by atoms with van der Waals surface area (Å²) in [5, 5.41) is 2.90. The monoisotopic (exact) mass is 271 g/mol. The first-order valence-electron chi connectivity index (χ1n) is 6.58. The van der Waals surface area contributed by atoms with Crippen LogP contribution in [0.25, 0.3) is 0 Å². The van der Waals surface area contributed by atoms with Gasteiger partial charge in [-0.1, -0.05) is 0 Å². The van der Waals surface area contributed by atoms with Gasteiger partial charge in [-0.15, -0.1) is 0 Å². The van der Waals surface area contributed by atoms with Crippen LogP contribution in [-0.4, -0.2) is 13.0 Å². The minimum Gasteiger partial charge on any atom is -0.472 e. The van der Waals surface area contributed by atoms with E-state index in [2.05, 4.69) is 5.32 Å². The molecule has 0 fully saturated rings. The molecule has 3 rings (SSSR count). The van der Waals surface area contributed by atoms with Crippen molar-refractivity contribution in [2.75, 3.05) is 23.0 Å². The van der Waals surface area contributed by atoms with Gasteiger partial charge in [0.1, 0.15) is 0 Å². The van der Waals surface area contributed by atoms with Crippen molar-refractivity contribution >= 4 is 23.0 Å². The van der Waals surface area contributed by atoms with E-state index in [4.69, 9.17) is 10.2 Å². The topological polar surface area (TPSA) is 71.5 Å². The number of nitrogens with zero attached hydrogens (tertiary/aromatic N) is 1. The van der Waals surface area contributed by atoms with Crippen molar-refractivity contribution < 1.29 is 9.21 Å². The lowest BCUT2D eigenvalue weighted by Gasteiger charge is -2.24. The average Bonchev–Trinajstić information content (AvgIpc) is 2.91. The minimum absolute atomic E-state index is 0.0608. The molecule has 104 valence electrons. The predicted octanol–water partition coefficient (Wildman–Crippen LogP) is 2.38. The van der Waals surface area contributed by atoms with Gasteiger partial charge >= 0.3 is 0 Å². The van der Waals surface area contributed by atoms with E-state index in [0.29, 0.717) is 13.0 Å². The van der Waals surface area contributed by atoms with E-state index in [1.54, 1.807) is 12.5 Å². The Labute approximate surface area is 117 Å². The molecular weight excluding hydrogens is 254 g/mol. The fourth-order valence-corrected chi connectivity index (χ4v) is 2.51. The third kappa shape index (κ3) is 2.34.